The SMILES string of the molecule is CCn1nc(CC(C)(C)COC(=O)c2cccc(OC)c2)c2c1C(=O)NCC1(CCOCC1)C2. The lowest BCUT2D eigenvalue weighted by Gasteiger charge is -2.36. The molecule has 4 rings (SSSR count). The first kappa shape index (κ1) is 24.3. The zero-order valence-electron chi connectivity index (χ0n) is 20.6. The van der Waals surface area contributed by atoms with E-state index in [1.165, 1.54) is 0 Å². The summed E-state index contributed by atoms with van der Waals surface area (Å²) in [5, 5.41) is 7.99. The summed E-state index contributed by atoms with van der Waals surface area (Å²) in [4.78, 5) is 25.7. The lowest BCUT2D eigenvalue weighted by molar-refractivity contribution is 0.0159. The molecule has 1 aromatic heterocycles. The van der Waals surface area contributed by atoms with Crippen LogP contribution in [0.3, 0.4) is 0 Å². The first-order chi connectivity index (χ1) is 16.3. The van der Waals surface area contributed by atoms with E-state index in [4.69, 9.17) is 19.3 Å². The van der Waals surface area contributed by atoms with E-state index < -0.39 is 0 Å². The van der Waals surface area contributed by atoms with Gasteiger partial charge in [-0.15, -0.1) is 0 Å². The number of aromatic nitrogens is 2. The summed E-state index contributed by atoms with van der Waals surface area (Å²) in [6.45, 7) is 9.07. The zero-order valence-corrected chi connectivity index (χ0v) is 20.6. The normalized spacial score (nSPS) is 17.6. The van der Waals surface area contributed by atoms with E-state index in [1.54, 1.807) is 31.4 Å². The van der Waals surface area contributed by atoms with Crippen LogP contribution >= 0.6 is 0 Å². The van der Waals surface area contributed by atoms with E-state index in [-0.39, 0.29) is 29.3 Å². The quantitative estimate of drug-likeness (QED) is 0.625. The number of fused-ring (bicyclic) bond motifs is 1. The van der Waals surface area contributed by atoms with Crippen LogP contribution in [0.15, 0.2) is 24.3 Å². The van der Waals surface area contributed by atoms with Crippen LogP contribution in [0.5, 0.6) is 5.75 Å². The van der Waals surface area contributed by atoms with Gasteiger partial charge in [0, 0.05) is 43.7 Å². The Kier molecular flexibility index (Phi) is 6.98. The van der Waals surface area contributed by atoms with Gasteiger partial charge in [-0.2, -0.15) is 5.10 Å². The van der Waals surface area contributed by atoms with Crippen LogP contribution in [0, 0.1) is 10.8 Å². The minimum absolute atomic E-state index is 0.00150. The summed E-state index contributed by atoms with van der Waals surface area (Å²) < 4.78 is 18.3. The van der Waals surface area contributed by atoms with Gasteiger partial charge in [-0.05, 0) is 49.8 Å². The van der Waals surface area contributed by atoms with Crippen molar-refractivity contribution in [3.05, 3.63) is 46.8 Å². The smallest absolute Gasteiger partial charge is 0.338 e. The fraction of sp³-hybridized carbons (Fsp3) is 0.577. The number of aryl methyl sites for hydroxylation is 1. The molecule has 34 heavy (non-hydrogen) atoms. The van der Waals surface area contributed by atoms with Crippen LogP contribution < -0.4 is 10.1 Å². The van der Waals surface area contributed by atoms with E-state index in [0.717, 1.165) is 30.5 Å². The van der Waals surface area contributed by atoms with Crippen molar-refractivity contribution in [3.63, 3.8) is 0 Å². The van der Waals surface area contributed by atoms with Gasteiger partial charge in [-0.1, -0.05) is 19.9 Å². The Hall–Kier alpha value is -2.87. The molecule has 0 aliphatic carbocycles. The molecule has 8 nitrogen and oxygen atoms in total. The number of nitrogens with zero attached hydrogens (tertiary/aromatic N) is 2. The second-order valence-electron chi connectivity index (χ2n) is 10.2. The van der Waals surface area contributed by atoms with E-state index in [0.29, 0.717) is 49.7 Å². The maximum Gasteiger partial charge on any atom is 0.338 e. The third-order valence-corrected chi connectivity index (χ3v) is 6.92. The second-order valence-corrected chi connectivity index (χ2v) is 10.2. The summed E-state index contributed by atoms with van der Waals surface area (Å²) >= 11 is 0. The van der Waals surface area contributed by atoms with Crippen molar-refractivity contribution in [2.75, 3.05) is 33.5 Å². The van der Waals surface area contributed by atoms with Crippen LogP contribution in [0.4, 0.5) is 0 Å². The van der Waals surface area contributed by atoms with E-state index in [1.807, 2.05) is 11.6 Å². The molecule has 1 aromatic carbocycles. The number of esters is 1. The predicted octanol–water partition coefficient (Wildman–Crippen LogP) is 3.42. The molecule has 1 fully saturated rings. The van der Waals surface area contributed by atoms with E-state index >= 15 is 0 Å². The van der Waals surface area contributed by atoms with Crippen LogP contribution in [0.1, 0.15) is 65.7 Å². The van der Waals surface area contributed by atoms with Crippen LogP contribution in [0.2, 0.25) is 0 Å². The third-order valence-electron chi connectivity index (χ3n) is 6.92. The fourth-order valence-electron chi connectivity index (χ4n) is 4.90. The molecule has 1 spiro atoms. The minimum atomic E-state index is -0.384. The highest BCUT2D eigenvalue weighted by atomic mass is 16.5. The van der Waals surface area contributed by atoms with Gasteiger partial charge < -0.3 is 19.5 Å². The third kappa shape index (κ3) is 5.12. The molecule has 2 aromatic rings. The number of carbonyl (C=O) groups excluding carboxylic acids is 2. The molecular formula is C26H35N3O5. The number of methoxy groups -OCH3 is 1. The highest BCUT2D eigenvalue weighted by Crippen LogP contribution is 2.38. The van der Waals surface area contributed by atoms with Gasteiger partial charge in [0.05, 0.1) is 25.0 Å². The summed E-state index contributed by atoms with van der Waals surface area (Å²) in [5.41, 5.74) is 2.72. The van der Waals surface area contributed by atoms with Gasteiger partial charge in [0.15, 0.2) is 0 Å². The molecule has 0 radical (unpaired) electrons. The molecule has 2 aliphatic heterocycles. The number of nitrogens with one attached hydrogen (secondary N) is 1. The first-order valence-corrected chi connectivity index (χ1v) is 12.0. The lowest BCUT2D eigenvalue weighted by atomic mass is 9.74. The number of hydrogen-bond acceptors (Lipinski definition) is 6. The van der Waals surface area contributed by atoms with Crippen molar-refractivity contribution in [1.29, 1.82) is 0 Å². The number of benzene rings is 1. The molecule has 1 saturated heterocycles. The summed E-state index contributed by atoms with van der Waals surface area (Å²) in [6, 6.07) is 6.94. The van der Waals surface area contributed by atoms with Gasteiger partial charge in [0.25, 0.3) is 5.91 Å². The minimum Gasteiger partial charge on any atom is -0.497 e. The van der Waals surface area contributed by atoms with Crippen molar-refractivity contribution in [2.45, 2.75) is 53.0 Å². The number of amides is 1. The van der Waals surface area contributed by atoms with E-state index in [9.17, 15) is 9.59 Å². The molecule has 3 heterocycles. The Balaban J connectivity index is 1.53. The standard InChI is InChI=1S/C26H35N3O5/c1-5-29-22-20(14-26(16-27-23(22)30)9-11-33-12-10-26)21(28-29)15-25(2,3)17-34-24(31)18-7-6-8-19(13-18)32-4/h6-8,13H,5,9-12,14-17H2,1-4H3,(H,27,30). The Bertz CT molecular complexity index is 1050. The highest BCUT2D eigenvalue weighted by molar-refractivity contribution is 5.95. The summed E-state index contributed by atoms with van der Waals surface area (Å²) in [6.07, 6.45) is 3.25. The molecule has 0 saturated carbocycles. The van der Waals surface area contributed by atoms with Gasteiger partial charge in [-0.25, -0.2) is 4.79 Å². The van der Waals surface area contributed by atoms with Crippen LogP contribution in [-0.4, -0.2) is 55.1 Å². The molecule has 0 bridgehead atoms. The van der Waals surface area contributed by atoms with Crippen LogP contribution in [0.25, 0.3) is 0 Å². The monoisotopic (exact) mass is 469 g/mol. The van der Waals surface area contributed by atoms with Gasteiger partial charge in [-0.3, -0.25) is 9.48 Å². The Labute approximate surface area is 201 Å². The Morgan fingerprint density at radius 2 is 2.06 bits per heavy atom. The largest absolute Gasteiger partial charge is 0.497 e. The topological polar surface area (TPSA) is 91.7 Å². The van der Waals surface area contributed by atoms with Crippen molar-refractivity contribution in [3.8, 4) is 5.75 Å². The van der Waals surface area contributed by atoms with Crippen molar-refractivity contribution in [1.82, 2.24) is 15.1 Å². The number of ether oxygens (including phenoxy) is 3. The van der Waals surface area contributed by atoms with Crippen molar-refractivity contribution < 1.29 is 23.8 Å². The molecule has 0 unspecified atom stereocenters. The molecule has 1 N–H and O–H groups in total. The maximum absolute atomic E-state index is 13.0. The highest BCUT2D eigenvalue weighted by Gasteiger charge is 2.40. The maximum atomic E-state index is 13.0. The molecule has 2 aliphatic rings. The zero-order chi connectivity index (χ0) is 24.3. The summed E-state index contributed by atoms with van der Waals surface area (Å²) in [5.74, 6) is 0.175. The van der Waals surface area contributed by atoms with Gasteiger partial charge in [0.2, 0.25) is 0 Å². The van der Waals surface area contributed by atoms with Gasteiger partial charge in [0.1, 0.15) is 11.4 Å². The van der Waals surface area contributed by atoms with E-state index in [2.05, 4.69) is 19.2 Å². The Morgan fingerprint density at radius 1 is 1.29 bits per heavy atom. The summed E-state index contributed by atoms with van der Waals surface area (Å²) in [7, 11) is 1.57. The first-order valence-electron chi connectivity index (χ1n) is 12.0. The number of hydrogen-bond donors (Lipinski definition) is 1. The predicted molar refractivity (Wildman–Crippen MR) is 127 cm³/mol. The molecule has 1 amide bonds. The number of carbonyl (C=O) groups is 2. The second kappa shape index (κ2) is 9.78. The fourth-order valence-corrected chi connectivity index (χ4v) is 4.90. The van der Waals surface area contributed by atoms with Gasteiger partial charge >= 0.3 is 5.97 Å². The van der Waals surface area contributed by atoms with Crippen molar-refractivity contribution >= 4 is 11.9 Å². The van der Waals surface area contributed by atoms with Crippen molar-refractivity contribution in [2.24, 2.45) is 10.8 Å². The lowest BCUT2D eigenvalue weighted by Crippen LogP contribution is -2.40. The molecule has 184 valence electrons. The number of rotatable bonds is 7. The molecule has 0 atom stereocenters. The molecule has 8 heteroatoms. The average Bonchev–Trinajstić information content (AvgIpc) is 3.10. The van der Waals surface area contributed by atoms with Crippen LogP contribution in [-0.2, 0) is 28.9 Å². The Morgan fingerprint density at radius 3 is 2.76 bits per heavy atom. The molecular weight excluding hydrogens is 434 g/mol. The average molecular weight is 470 g/mol.